The molecule has 2 heterocycles. The zero-order valence-electron chi connectivity index (χ0n) is 17.9. The zero-order chi connectivity index (χ0) is 20.6. The van der Waals surface area contributed by atoms with Crippen LogP contribution < -0.4 is 0 Å². The monoisotopic (exact) mass is 403 g/mol. The molecule has 0 amide bonds. The van der Waals surface area contributed by atoms with Gasteiger partial charge in [-0.05, 0) is 38.6 Å². The molecule has 3 saturated carbocycles. The molecule has 0 unspecified atom stereocenters. The van der Waals surface area contributed by atoms with E-state index >= 15 is 0 Å². The van der Waals surface area contributed by atoms with E-state index in [0.29, 0.717) is 31.7 Å². The van der Waals surface area contributed by atoms with Gasteiger partial charge in [0.2, 0.25) is 0 Å². The maximum absolute atomic E-state index is 13.4. The number of nitrogens with zero attached hydrogens (tertiary/aromatic N) is 1. The molecule has 29 heavy (non-hydrogen) atoms. The van der Waals surface area contributed by atoms with Crippen LogP contribution in [0.15, 0.2) is 0 Å². The Morgan fingerprint density at radius 1 is 1.31 bits per heavy atom. The summed E-state index contributed by atoms with van der Waals surface area (Å²) >= 11 is 0. The smallest absolute Gasteiger partial charge is 0.309 e. The fourth-order valence-electron chi connectivity index (χ4n) is 8.65. The summed E-state index contributed by atoms with van der Waals surface area (Å²) in [4.78, 5) is 40.9. The molecule has 0 aromatic heterocycles. The van der Waals surface area contributed by atoms with E-state index in [1.807, 2.05) is 6.92 Å². The van der Waals surface area contributed by atoms with Gasteiger partial charge in [0.1, 0.15) is 11.6 Å². The van der Waals surface area contributed by atoms with E-state index < -0.39 is 5.60 Å². The van der Waals surface area contributed by atoms with Gasteiger partial charge in [-0.15, -0.1) is 0 Å². The summed E-state index contributed by atoms with van der Waals surface area (Å²) in [5.74, 6) is 0.385. The number of esters is 1. The highest BCUT2D eigenvalue weighted by Crippen LogP contribution is 2.78. The Morgan fingerprint density at radius 2 is 2.10 bits per heavy atom. The summed E-state index contributed by atoms with van der Waals surface area (Å²) < 4.78 is 12.0. The number of methoxy groups -OCH3 is 1. The summed E-state index contributed by atoms with van der Waals surface area (Å²) in [6.45, 7) is 4.27. The molecular weight excluding hydrogens is 370 g/mol. The molecule has 7 atom stereocenters. The van der Waals surface area contributed by atoms with Crippen molar-refractivity contribution in [3.05, 3.63) is 0 Å². The molecule has 160 valence electrons. The van der Waals surface area contributed by atoms with E-state index in [1.165, 1.54) is 7.11 Å². The summed E-state index contributed by atoms with van der Waals surface area (Å²) in [5, 5.41) is 0. The predicted molar refractivity (Wildman–Crippen MR) is 105 cm³/mol. The number of carbonyl (C=O) groups is 3. The molecule has 5 aliphatic rings. The lowest BCUT2D eigenvalue weighted by atomic mass is 9.50. The molecule has 6 heteroatoms. The van der Waals surface area contributed by atoms with Crippen molar-refractivity contribution in [2.75, 3.05) is 33.9 Å². The van der Waals surface area contributed by atoms with Gasteiger partial charge in [0.15, 0.2) is 0 Å². The quantitative estimate of drug-likeness (QED) is 0.656. The first-order valence-electron chi connectivity index (χ1n) is 11.3. The molecule has 4 bridgehead atoms. The lowest BCUT2D eigenvalue weighted by Gasteiger charge is -2.57. The minimum atomic E-state index is -0.554. The number of ketones is 2. The van der Waals surface area contributed by atoms with Crippen LogP contribution in [0.25, 0.3) is 0 Å². The summed E-state index contributed by atoms with van der Waals surface area (Å²) in [6, 6.07) is 0. The minimum Gasteiger partial charge on any atom is -0.469 e. The third kappa shape index (κ3) is 2.17. The molecule has 2 spiro atoms. The van der Waals surface area contributed by atoms with Gasteiger partial charge >= 0.3 is 5.97 Å². The first-order valence-corrected chi connectivity index (χ1v) is 11.3. The van der Waals surface area contributed by atoms with E-state index in [9.17, 15) is 14.4 Å². The highest BCUT2D eigenvalue weighted by molar-refractivity contribution is 5.86. The van der Waals surface area contributed by atoms with Gasteiger partial charge in [-0.1, -0.05) is 6.92 Å². The lowest BCUT2D eigenvalue weighted by Crippen LogP contribution is -2.63. The molecule has 6 nitrogen and oxygen atoms in total. The highest BCUT2D eigenvalue weighted by Gasteiger charge is 2.84. The van der Waals surface area contributed by atoms with Crippen molar-refractivity contribution in [3.63, 3.8) is 0 Å². The second-order valence-electron chi connectivity index (χ2n) is 10.3. The second kappa shape index (κ2) is 6.36. The van der Waals surface area contributed by atoms with Crippen LogP contribution in [-0.4, -0.2) is 61.9 Å². The topological polar surface area (TPSA) is 72.9 Å². The molecule has 0 N–H and O–H groups in total. The van der Waals surface area contributed by atoms with Crippen molar-refractivity contribution in [1.29, 1.82) is 0 Å². The SMILES string of the molecule is CCC(=O)CC[C@]12CO[C@]34[C@@H]5CC[C@H]3[C@H](C(=O)OC)C[C@]14CN(C)C[C@H]2CC5=O. The average Bonchev–Trinajstić information content (AvgIpc) is 3.28. The van der Waals surface area contributed by atoms with Crippen molar-refractivity contribution in [1.82, 2.24) is 4.90 Å². The zero-order valence-corrected chi connectivity index (χ0v) is 17.9. The van der Waals surface area contributed by atoms with Crippen molar-refractivity contribution in [2.24, 2.45) is 34.5 Å². The average molecular weight is 404 g/mol. The van der Waals surface area contributed by atoms with Crippen molar-refractivity contribution < 1.29 is 23.9 Å². The lowest BCUT2D eigenvalue weighted by molar-refractivity contribution is -0.152. The molecule has 2 aliphatic heterocycles. The van der Waals surface area contributed by atoms with Crippen LogP contribution in [0.2, 0.25) is 0 Å². The number of rotatable bonds is 5. The van der Waals surface area contributed by atoms with Crippen LogP contribution >= 0.6 is 0 Å². The van der Waals surface area contributed by atoms with Crippen molar-refractivity contribution in [2.45, 2.75) is 57.5 Å². The number of likely N-dealkylation sites (tertiary alicyclic amines) is 1. The normalized spacial score (nSPS) is 47.8. The van der Waals surface area contributed by atoms with Crippen LogP contribution in [0.5, 0.6) is 0 Å². The van der Waals surface area contributed by atoms with Gasteiger partial charge in [-0.3, -0.25) is 14.4 Å². The Hall–Kier alpha value is -1.27. The minimum absolute atomic E-state index is 0.0536. The highest BCUT2D eigenvalue weighted by atomic mass is 16.5. The largest absolute Gasteiger partial charge is 0.469 e. The number of carbonyl (C=O) groups excluding carboxylic acids is 3. The van der Waals surface area contributed by atoms with Gasteiger partial charge in [-0.2, -0.15) is 0 Å². The number of hydrogen-bond donors (Lipinski definition) is 0. The summed E-state index contributed by atoms with van der Waals surface area (Å²) in [5.41, 5.74) is -0.996. The van der Waals surface area contributed by atoms with Gasteiger partial charge in [0, 0.05) is 55.0 Å². The van der Waals surface area contributed by atoms with Gasteiger partial charge in [-0.25, -0.2) is 0 Å². The van der Waals surface area contributed by atoms with E-state index in [2.05, 4.69) is 11.9 Å². The summed E-state index contributed by atoms with van der Waals surface area (Å²) in [7, 11) is 3.60. The van der Waals surface area contributed by atoms with Gasteiger partial charge < -0.3 is 14.4 Å². The molecule has 0 aromatic rings. The standard InChI is InChI=1S/C23H33NO5/c1-4-15(25)7-8-21-13-29-23-17-5-6-18(23)19(26)9-14(21)11-24(2)12-22(21,23)10-16(17)20(27)28-3/h14,16-18H,4-13H2,1-3H3/t14-,16-,17+,18-,21-,22+,23+/m1/s1. The Balaban J connectivity index is 1.68. The fraction of sp³-hybridized carbons (Fsp3) is 0.870. The Bertz CT molecular complexity index is 766. The Kier molecular flexibility index (Phi) is 4.32. The van der Waals surface area contributed by atoms with Crippen LogP contribution in [0, 0.1) is 34.5 Å². The molecule has 0 aromatic carbocycles. The molecule has 0 radical (unpaired) electrons. The maximum atomic E-state index is 13.4. The molecule has 3 aliphatic carbocycles. The van der Waals surface area contributed by atoms with Gasteiger partial charge in [0.05, 0.1) is 25.2 Å². The van der Waals surface area contributed by atoms with Crippen molar-refractivity contribution in [3.8, 4) is 0 Å². The van der Waals surface area contributed by atoms with E-state index in [1.54, 1.807) is 0 Å². The van der Waals surface area contributed by atoms with Gasteiger partial charge in [0.25, 0.3) is 0 Å². The Morgan fingerprint density at radius 3 is 2.83 bits per heavy atom. The van der Waals surface area contributed by atoms with Crippen LogP contribution in [-0.2, 0) is 23.9 Å². The Labute approximate surface area is 172 Å². The van der Waals surface area contributed by atoms with E-state index in [4.69, 9.17) is 9.47 Å². The molecule has 5 fully saturated rings. The molecule has 5 rings (SSSR count). The third-order valence-electron chi connectivity index (χ3n) is 9.60. The first kappa shape index (κ1) is 19.7. The molecule has 2 saturated heterocycles. The number of piperidine rings is 1. The van der Waals surface area contributed by atoms with Crippen LogP contribution in [0.1, 0.15) is 51.9 Å². The fourth-order valence-corrected chi connectivity index (χ4v) is 8.65. The van der Waals surface area contributed by atoms with Crippen LogP contribution in [0.4, 0.5) is 0 Å². The predicted octanol–water partition coefficient (Wildman–Crippen LogP) is 2.24. The number of ether oxygens (including phenoxy) is 2. The van der Waals surface area contributed by atoms with Crippen molar-refractivity contribution >= 4 is 17.5 Å². The summed E-state index contributed by atoms with van der Waals surface area (Å²) in [6.07, 6.45) is 4.88. The maximum Gasteiger partial charge on any atom is 0.309 e. The molecular formula is C23H33NO5. The first-order chi connectivity index (χ1) is 13.8. The number of hydrogen-bond acceptors (Lipinski definition) is 6. The second-order valence-corrected chi connectivity index (χ2v) is 10.3. The van der Waals surface area contributed by atoms with E-state index in [0.717, 1.165) is 38.8 Å². The van der Waals surface area contributed by atoms with E-state index in [-0.39, 0.29) is 46.3 Å². The third-order valence-corrected chi connectivity index (χ3v) is 9.60. The number of Topliss-reactive ketones (excluding diaryl/α,β-unsaturated/α-hetero) is 2. The van der Waals surface area contributed by atoms with Crippen LogP contribution in [0.3, 0.4) is 0 Å².